The fourth-order valence-corrected chi connectivity index (χ4v) is 3.34. The van der Waals surface area contributed by atoms with E-state index in [1.54, 1.807) is 13.3 Å². The number of fused-ring (bicyclic) bond motifs is 1. The van der Waals surface area contributed by atoms with Crippen LogP contribution < -0.4 is 5.32 Å². The van der Waals surface area contributed by atoms with Crippen LogP contribution in [0, 0.1) is 11.3 Å². The standard InChI is InChI=1S/C17H23N5O2/c1-11(10-24-2)20-17-19-9-16-13(8-18)7-15(22(16)21-17)12-3-5-14(23)6-4-12/h7,9,11-12,14,23H,3-6,10H2,1-2H3,(H,20,21)/t11-,12-,14-/m0/s1. The minimum Gasteiger partial charge on any atom is -0.393 e. The highest BCUT2D eigenvalue weighted by Gasteiger charge is 2.25. The van der Waals surface area contributed by atoms with Crippen LogP contribution in [0.2, 0.25) is 0 Å². The Bertz CT molecular complexity index is 743. The second kappa shape index (κ2) is 7.16. The number of aliphatic hydroxyl groups is 1. The van der Waals surface area contributed by atoms with Gasteiger partial charge in [-0.1, -0.05) is 0 Å². The first-order valence-corrected chi connectivity index (χ1v) is 8.34. The highest BCUT2D eigenvalue weighted by atomic mass is 16.5. The van der Waals surface area contributed by atoms with Crippen LogP contribution in [0.15, 0.2) is 12.3 Å². The summed E-state index contributed by atoms with van der Waals surface area (Å²) >= 11 is 0. The molecule has 0 unspecified atom stereocenters. The van der Waals surface area contributed by atoms with Crippen LogP contribution in [0.1, 0.15) is 49.8 Å². The average molecular weight is 329 g/mol. The third-order valence-corrected chi connectivity index (χ3v) is 4.57. The summed E-state index contributed by atoms with van der Waals surface area (Å²) in [4.78, 5) is 4.32. The van der Waals surface area contributed by atoms with E-state index in [-0.39, 0.29) is 12.1 Å². The Morgan fingerprint density at radius 2 is 2.21 bits per heavy atom. The molecule has 3 rings (SSSR count). The van der Waals surface area contributed by atoms with E-state index in [2.05, 4.69) is 21.5 Å². The van der Waals surface area contributed by atoms with Gasteiger partial charge in [0.15, 0.2) is 0 Å². The predicted molar refractivity (Wildman–Crippen MR) is 89.9 cm³/mol. The van der Waals surface area contributed by atoms with E-state index in [0.717, 1.165) is 36.9 Å². The van der Waals surface area contributed by atoms with Crippen LogP contribution in [0.25, 0.3) is 5.52 Å². The van der Waals surface area contributed by atoms with Crippen LogP contribution in [-0.4, -0.2) is 45.6 Å². The van der Waals surface area contributed by atoms with Crippen molar-refractivity contribution in [2.24, 2.45) is 0 Å². The Kier molecular flexibility index (Phi) is 4.97. The van der Waals surface area contributed by atoms with Gasteiger partial charge >= 0.3 is 0 Å². The maximum Gasteiger partial charge on any atom is 0.241 e. The van der Waals surface area contributed by atoms with Gasteiger partial charge in [-0.05, 0) is 38.7 Å². The molecule has 2 aromatic heterocycles. The molecule has 0 aromatic carbocycles. The van der Waals surface area contributed by atoms with Crippen LogP contribution in [0.4, 0.5) is 5.95 Å². The number of hydrogen-bond acceptors (Lipinski definition) is 6. The molecule has 7 nitrogen and oxygen atoms in total. The van der Waals surface area contributed by atoms with E-state index in [1.807, 2.05) is 17.5 Å². The lowest BCUT2D eigenvalue weighted by atomic mass is 9.85. The molecule has 1 saturated carbocycles. The molecule has 0 spiro atoms. The smallest absolute Gasteiger partial charge is 0.241 e. The maximum atomic E-state index is 9.73. The quantitative estimate of drug-likeness (QED) is 0.872. The van der Waals surface area contributed by atoms with Crippen molar-refractivity contribution < 1.29 is 9.84 Å². The molecule has 24 heavy (non-hydrogen) atoms. The van der Waals surface area contributed by atoms with Crippen LogP contribution in [0.3, 0.4) is 0 Å². The van der Waals surface area contributed by atoms with Gasteiger partial charge in [0.05, 0.1) is 24.5 Å². The van der Waals surface area contributed by atoms with Gasteiger partial charge in [0, 0.05) is 24.8 Å². The van der Waals surface area contributed by atoms with Crippen molar-refractivity contribution in [3.63, 3.8) is 0 Å². The van der Waals surface area contributed by atoms with Gasteiger partial charge in [-0.2, -0.15) is 5.26 Å². The van der Waals surface area contributed by atoms with Crippen LogP contribution in [-0.2, 0) is 4.74 Å². The van der Waals surface area contributed by atoms with Crippen molar-refractivity contribution in [2.45, 2.75) is 50.7 Å². The molecule has 1 aliphatic rings. The molecule has 128 valence electrons. The molecule has 0 radical (unpaired) electrons. The Morgan fingerprint density at radius 1 is 1.46 bits per heavy atom. The maximum absolute atomic E-state index is 9.73. The van der Waals surface area contributed by atoms with Gasteiger partial charge in [0.25, 0.3) is 0 Å². The number of aliphatic hydroxyl groups excluding tert-OH is 1. The van der Waals surface area contributed by atoms with Crippen LogP contribution >= 0.6 is 0 Å². The zero-order chi connectivity index (χ0) is 17.1. The Morgan fingerprint density at radius 3 is 2.88 bits per heavy atom. The Labute approximate surface area is 141 Å². The zero-order valence-electron chi connectivity index (χ0n) is 14.1. The number of nitriles is 1. The van der Waals surface area contributed by atoms with Crippen molar-refractivity contribution in [3.8, 4) is 6.07 Å². The number of anilines is 1. The first-order chi connectivity index (χ1) is 11.6. The van der Waals surface area contributed by atoms with Crippen molar-refractivity contribution in [1.82, 2.24) is 14.6 Å². The molecule has 2 heterocycles. The second-order valence-corrected chi connectivity index (χ2v) is 6.48. The van der Waals surface area contributed by atoms with E-state index >= 15 is 0 Å². The molecule has 1 atom stereocenters. The van der Waals surface area contributed by atoms with Gasteiger partial charge in [-0.25, -0.2) is 9.50 Å². The summed E-state index contributed by atoms with van der Waals surface area (Å²) in [7, 11) is 1.66. The topological polar surface area (TPSA) is 95.5 Å². The molecule has 0 saturated heterocycles. The fraction of sp³-hybridized carbons (Fsp3) is 0.588. The number of nitrogens with zero attached hydrogens (tertiary/aromatic N) is 4. The summed E-state index contributed by atoms with van der Waals surface area (Å²) in [5, 5.41) is 26.9. The number of aromatic nitrogens is 3. The largest absolute Gasteiger partial charge is 0.393 e. The normalized spacial score (nSPS) is 22.2. The predicted octanol–water partition coefficient (Wildman–Crippen LogP) is 2.07. The van der Waals surface area contributed by atoms with Crippen molar-refractivity contribution in [2.75, 3.05) is 19.0 Å². The van der Waals surface area contributed by atoms with E-state index < -0.39 is 0 Å². The SMILES string of the molecule is COC[C@H](C)Nc1ncc2c(C#N)cc([C@H]3CC[C@H](O)CC3)n2n1. The Balaban J connectivity index is 1.94. The lowest BCUT2D eigenvalue weighted by Crippen LogP contribution is -2.23. The summed E-state index contributed by atoms with van der Waals surface area (Å²) in [6.07, 6.45) is 4.89. The molecule has 0 amide bonds. The number of methoxy groups -OCH3 is 1. The molecule has 7 heteroatoms. The summed E-state index contributed by atoms with van der Waals surface area (Å²) in [5.74, 6) is 0.825. The number of ether oxygens (including phenoxy) is 1. The molecule has 2 aromatic rings. The lowest BCUT2D eigenvalue weighted by molar-refractivity contribution is 0.121. The monoisotopic (exact) mass is 329 g/mol. The molecule has 2 N–H and O–H groups in total. The van der Waals surface area contributed by atoms with Crippen molar-refractivity contribution in [3.05, 3.63) is 23.5 Å². The summed E-state index contributed by atoms with van der Waals surface area (Å²) in [6.45, 7) is 2.56. The highest BCUT2D eigenvalue weighted by molar-refractivity contribution is 5.62. The van der Waals surface area contributed by atoms with Gasteiger partial charge in [-0.3, -0.25) is 0 Å². The van der Waals surface area contributed by atoms with E-state index in [9.17, 15) is 10.4 Å². The van der Waals surface area contributed by atoms with Gasteiger partial charge in [0.2, 0.25) is 5.95 Å². The van der Waals surface area contributed by atoms with Crippen molar-refractivity contribution in [1.29, 1.82) is 5.26 Å². The first kappa shape index (κ1) is 16.7. The van der Waals surface area contributed by atoms with Gasteiger partial charge in [-0.15, -0.1) is 5.10 Å². The Hall–Kier alpha value is -2.17. The minimum absolute atomic E-state index is 0.0896. The summed E-state index contributed by atoms with van der Waals surface area (Å²) in [6, 6.07) is 4.23. The summed E-state index contributed by atoms with van der Waals surface area (Å²) < 4.78 is 6.95. The fourth-order valence-electron chi connectivity index (χ4n) is 3.34. The van der Waals surface area contributed by atoms with Crippen molar-refractivity contribution >= 4 is 11.5 Å². The second-order valence-electron chi connectivity index (χ2n) is 6.48. The molecule has 0 bridgehead atoms. The lowest BCUT2D eigenvalue weighted by Gasteiger charge is -2.25. The number of rotatable bonds is 5. The summed E-state index contributed by atoms with van der Waals surface area (Å²) in [5.41, 5.74) is 2.34. The zero-order valence-corrected chi connectivity index (χ0v) is 14.1. The van der Waals surface area contributed by atoms with E-state index in [0.29, 0.717) is 24.0 Å². The molecule has 0 aliphatic heterocycles. The first-order valence-electron chi connectivity index (χ1n) is 8.34. The highest BCUT2D eigenvalue weighted by Crippen LogP contribution is 2.34. The number of nitrogens with one attached hydrogen (secondary N) is 1. The van der Waals surface area contributed by atoms with Gasteiger partial charge in [0.1, 0.15) is 11.6 Å². The van der Waals surface area contributed by atoms with Gasteiger partial charge < -0.3 is 15.2 Å². The number of hydrogen-bond donors (Lipinski definition) is 2. The molecular weight excluding hydrogens is 306 g/mol. The van der Waals surface area contributed by atoms with Crippen LogP contribution in [0.5, 0.6) is 0 Å². The average Bonchev–Trinajstić information content (AvgIpc) is 2.94. The molecule has 1 fully saturated rings. The molecule has 1 aliphatic carbocycles. The van der Waals surface area contributed by atoms with E-state index in [4.69, 9.17) is 4.74 Å². The van der Waals surface area contributed by atoms with E-state index in [1.165, 1.54) is 0 Å². The minimum atomic E-state index is -0.204. The third kappa shape index (κ3) is 3.35. The molecular formula is C17H23N5O2. The third-order valence-electron chi connectivity index (χ3n) is 4.57.